The molecule has 2 nitrogen and oxygen atoms in total. The third kappa shape index (κ3) is 2.81. The lowest BCUT2D eigenvalue weighted by Gasteiger charge is -2.27. The number of hydrogen-bond donors (Lipinski definition) is 1. The predicted octanol–water partition coefficient (Wildman–Crippen LogP) is 4.40. The molecule has 96 valence electrons. The largest absolute Gasteiger partial charge is 0.345 e. The third-order valence-corrected chi connectivity index (χ3v) is 3.36. The molecule has 1 aromatic heterocycles. The van der Waals surface area contributed by atoms with E-state index in [1.807, 2.05) is 6.20 Å². The molecular formula is C16H22N2. The molecule has 0 atom stereocenters. The van der Waals surface area contributed by atoms with Crippen LogP contribution in [-0.4, -0.2) is 9.97 Å². The fourth-order valence-electron chi connectivity index (χ4n) is 2.64. The molecule has 2 aromatic rings. The molecule has 2 rings (SSSR count). The Morgan fingerprint density at radius 3 is 2.33 bits per heavy atom. The molecule has 0 spiro atoms. The highest BCUT2D eigenvalue weighted by Gasteiger charge is 2.21. The molecule has 0 unspecified atom stereocenters. The van der Waals surface area contributed by atoms with Crippen LogP contribution in [0.5, 0.6) is 0 Å². The molecule has 0 aliphatic rings. The molecule has 0 fully saturated rings. The van der Waals surface area contributed by atoms with Crippen LogP contribution in [0.2, 0.25) is 0 Å². The molecule has 1 aromatic carbocycles. The monoisotopic (exact) mass is 242 g/mol. The summed E-state index contributed by atoms with van der Waals surface area (Å²) in [5.41, 5.74) is 2.77. The normalized spacial score (nSPS) is 12.1. The first-order chi connectivity index (χ1) is 8.49. The zero-order valence-electron chi connectivity index (χ0n) is 11.7. The molecule has 0 aliphatic heterocycles. The Kier molecular flexibility index (Phi) is 3.55. The summed E-state index contributed by atoms with van der Waals surface area (Å²) in [6, 6.07) is 8.74. The highest BCUT2D eigenvalue weighted by molar-refractivity contribution is 5.55. The van der Waals surface area contributed by atoms with Crippen LogP contribution in [0.4, 0.5) is 0 Å². The van der Waals surface area contributed by atoms with Crippen molar-refractivity contribution in [3.63, 3.8) is 0 Å². The van der Waals surface area contributed by atoms with E-state index in [-0.39, 0.29) is 5.41 Å². The molecule has 2 heteroatoms. The van der Waals surface area contributed by atoms with Crippen LogP contribution in [0.25, 0.3) is 11.4 Å². The third-order valence-electron chi connectivity index (χ3n) is 3.36. The molecule has 1 heterocycles. The summed E-state index contributed by atoms with van der Waals surface area (Å²) in [6.45, 7) is 9.18. The number of benzene rings is 1. The maximum Gasteiger partial charge on any atom is 0.137 e. The summed E-state index contributed by atoms with van der Waals surface area (Å²) in [5.74, 6) is 1.65. The molecule has 0 saturated carbocycles. The van der Waals surface area contributed by atoms with Crippen LogP contribution < -0.4 is 0 Å². The van der Waals surface area contributed by atoms with Gasteiger partial charge in [0.2, 0.25) is 0 Å². The van der Waals surface area contributed by atoms with E-state index in [1.54, 1.807) is 6.20 Å². The summed E-state index contributed by atoms with van der Waals surface area (Å²) >= 11 is 0. The second kappa shape index (κ2) is 4.97. The topological polar surface area (TPSA) is 28.7 Å². The zero-order valence-corrected chi connectivity index (χ0v) is 11.7. The Morgan fingerprint density at radius 2 is 1.83 bits per heavy atom. The van der Waals surface area contributed by atoms with Gasteiger partial charge in [-0.05, 0) is 23.3 Å². The van der Waals surface area contributed by atoms with Gasteiger partial charge in [-0.15, -0.1) is 0 Å². The van der Waals surface area contributed by atoms with Crippen molar-refractivity contribution in [3.8, 4) is 11.4 Å². The summed E-state index contributed by atoms with van der Waals surface area (Å²) < 4.78 is 0. The van der Waals surface area contributed by atoms with Gasteiger partial charge in [-0.1, -0.05) is 52.0 Å². The Balaban J connectivity index is 2.22. The van der Waals surface area contributed by atoms with Gasteiger partial charge in [0, 0.05) is 18.0 Å². The zero-order chi connectivity index (χ0) is 13.2. The maximum absolute atomic E-state index is 4.27. The van der Waals surface area contributed by atoms with Gasteiger partial charge in [0.15, 0.2) is 0 Å². The van der Waals surface area contributed by atoms with Gasteiger partial charge in [0.25, 0.3) is 0 Å². The number of aromatic amines is 1. The molecule has 1 N–H and O–H groups in total. The van der Waals surface area contributed by atoms with Gasteiger partial charge >= 0.3 is 0 Å². The van der Waals surface area contributed by atoms with E-state index in [4.69, 9.17) is 0 Å². The highest BCUT2D eigenvalue weighted by atomic mass is 14.9. The molecule has 0 aliphatic carbocycles. The van der Waals surface area contributed by atoms with Crippen molar-refractivity contribution in [2.24, 2.45) is 5.92 Å². The second-order valence-corrected chi connectivity index (χ2v) is 6.00. The molecule has 0 saturated heterocycles. The fourth-order valence-corrected chi connectivity index (χ4v) is 2.64. The Bertz CT molecular complexity index is 478. The average molecular weight is 242 g/mol. The smallest absolute Gasteiger partial charge is 0.137 e. The highest BCUT2D eigenvalue weighted by Crippen LogP contribution is 2.31. The predicted molar refractivity (Wildman–Crippen MR) is 76.5 cm³/mol. The van der Waals surface area contributed by atoms with Gasteiger partial charge in [-0.3, -0.25) is 0 Å². The van der Waals surface area contributed by atoms with Gasteiger partial charge < -0.3 is 4.98 Å². The van der Waals surface area contributed by atoms with E-state index < -0.39 is 0 Å². The van der Waals surface area contributed by atoms with Crippen molar-refractivity contribution in [3.05, 3.63) is 42.2 Å². The molecule has 0 bridgehead atoms. The molecule has 0 radical (unpaired) electrons. The molecule has 0 amide bonds. The van der Waals surface area contributed by atoms with Gasteiger partial charge in [-0.25, -0.2) is 4.98 Å². The first-order valence-electron chi connectivity index (χ1n) is 6.59. The number of rotatable bonds is 4. The number of nitrogens with one attached hydrogen (secondary N) is 1. The van der Waals surface area contributed by atoms with Gasteiger partial charge in [0.05, 0.1) is 0 Å². The van der Waals surface area contributed by atoms with Crippen LogP contribution in [0.3, 0.4) is 0 Å². The number of imidazole rings is 1. The lowest BCUT2D eigenvalue weighted by molar-refractivity contribution is 0.400. The minimum absolute atomic E-state index is 0.232. The van der Waals surface area contributed by atoms with Crippen LogP contribution >= 0.6 is 0 Å². The first-order valence-corrected chi connectivity index (χ1v) is 6.59. The van der Waals surface area contributed by atoms with Crippen molar-refractivity contribution in [2.45, 2.75) is 39.5 Å². The average Bonchev–Trinajstić information content (AvgIpc) is 2.81. The van der Waals surface area contributed by atoms with E-state index in [0.29, 0.717) is 5.92 Å². The van der Waals surface area contributed by atoms with Crippen molar-refractivity contribution >= 4 is 0 Å². The van der Waals surface area contributed by atoms with Crippen molar-refractivity contribution in [1.82, 2.24) is 9.97 Å². The Hall–Kier alpha value is -1.57. The quantitative estimate of drug-likeness (QED) is 0.845. The maximum atomic E-state index is 4.27. The summed E-state index contributed by atoms with van der Waals surface area (Å²) in [4.78, 5) is 7.40. The second-order valence-electron chi connectivity index (χ2n) is 6.00. The van der Waals surface area contributed by atoms with Crippen LogP contribution in [-0.2, 0) is 5.41 Å². The summed E-state index contributed by atoms with van der Waals surface area (Å²) in [5, 5.41) is 0. The molecule has 18 heavy (non-hydrogen) atoms. The first kappa shape index (κ1) is 12.9. The van der Waals surface area contributed by atoms with Crippen molar-refractivity contribution in [2.75, 3.05) is 0 Å². The minimum Gasteiger partial charge on any atom is -0.345 e. The minimum atomic E-state index is 0.232. The SMILES string of the molecule is CC(C)CC(C)(C)c1ccc(-c2ncc[nH]2)cc1. The van der Waals surface area contributed by atoms with E-state index >= 15 is 0 Å². The number of nitrogens with zero attached hydrogens (tertiary/aromatic N) is 1. The standard InChI is InChI=1S/C16H22N2/c1-12(2)11-16(3,4)14-7-5-13(6-8-14)15-17-9-10-18-15/h5-10,12H,11H2,1-4H3,(H,17,18). The van der Waals surface area contributed by atoms with Crippen molar-refractivity contribution < 1.29 is 0 Å². The summed E-state index contributed by atoms with van der Waals surface area (Å²) in [6.07, 6.45) is 4.84. The van der Waals surface area contributed by atoms with E-state index in [1.165, 1.54) is 12.0 Å². The lowest BCUT2D eigenvalue weighted by atomic mass is 9.78. The van der Waals surface area contributed by atoms with E-state index in [9.17, 15) is 0 Å². The number of H-pyrrole nitrogens is 1. The van der Waals surface area contributed by atoms with E-state index in [0.717, 1.165) is 11.4 Å². The number of hydrogen-bond acceptors (Lipinski definition) is 1. The summed E-state index contributed by atoms with van der Waals surface area (Å²) in [7, 11) is 0. The lowest BCUT2D eigenvalue weighted by Crippen LogP contribution is -2.19. The van der Waals surface area contributed by atoms with Crippen molar-refractivity contribution in [1.29, 1.82) is 0 Å². The van der Waals surface area contributed by atoms with Crippen LogP contribution in [0.1, 0.15) is 39.7 Å². The van der Waals surface area contributed by atoms with Gasteiger partial charge in [-0.2, -0.15) is 0 Å². The van der Waals surface area contributed by atoms with Gasteiger partial charge in [0.1, 0.15) is 5.82 Å². The van der Waals surface area contributed by atoms with Crippen LogP contribution in [0, 0.1) is 5.92 Å². The Labute approximate surface area is 109 Å². The van der Waals surface area contributed by atoms with E-state index in [2.05, 4.69) is 61.9 Å². The molecular weight excluding hydrogens is 220 g/mol. The Morgan fingerprint density at radius 1 is 1.17 bits per heavy atom. The number of aromatic nitrogens is 2. The fraction of sp³-hybridized carbons (Fsp3) is 0.438. The van der Waals surface area contributed by atoms with Crippen LogP contribution in [0.15, 0.2) is 36.7 Å².